The molecule has 4 nitrogen and oxygen atoms in total. The van der Waals surface area contributed by atoms with Crippen LogP contribution in [-0.2, 0) is 21.4 Å². The second-order valence-electron chi connectivity index (χ2n) is 6.82. The molecule has 2 heterocycles. The molecule has 0 aliphatic carbocycles. The molecule has 1 aliphatic heterocycles. The molecule has 0 unspecified atom stereocenters. The zero-order valence-electron chi connectivity index (χ0n) is 15.3. The Morgan fingerprint density at radius 1 is 1.31 bits per heavy atom. The Hall–Kier alpha value is -2.32. The fourth-order valence-corrected chi connectivity index (χ4v) is 4.35. The standard InChI is InChI=1S/C21H22N2O2S/c1-4-25-20(24)12-17-14-22-13-16(23-17)7-5-15-6-8-19-18(11-15)21(2,3)9-10-26-19/h6,8,11,13-14H,4,9-10,12H2,1-3H3. The molecule has 0 saturated heterocycles. The molecule has 26 heavy (non-hydrogen) atoms. The molecule has 5 heteroatoms. The highest BCUT2D eigenvalue weighted by molar-refractivity contribution is 7.99. The van der Waals surface area contributed by atoms with E-state index < -0.39 is 0 Å². The van der Waals surface area contributed by atoms with Crippen molar-refractivity contribution in [2.24, 2.45) is 0 Å². The van der Waals surface area contributed by atoms with Crippen LogP contribution in [0.3, 0.4) is 0 Å². The number of hydrogen-bond donors (Lipinski definition) is 0. The summed E-state index contributed by atoms with van der Waals surface area (Å²) in [5.41, 5.74) is 3.63. The third-order valence-electron chi connectivity index (χ3n) is 4.34. The largest absolute Gasteiger partial charge is 0.466 e. The average molecular weight is 366 g/mol. The van der Waals surface area contributed by atoms with Gasteiger partial charge in [-0.3, -0.25) is 9.78 Å². The van der Waals surface area contributed by atoms with Crippen LogP contribution in [0.15, 0.2) is 35.5 Å². The lowest BCUT2D eigenvalue weighted by Gasteiger charge is -2.32. The molecule has 0 N–H and O–H groups in total. The van der Waals surface area contributed by atoms with Crippen LogP contribution in [0.2, 0.25) is 0 Å². The second kappa shape index (κ2) is 7.92. The highest BCUT2D eigenvalue weighted by Gasteiger charge is 2.27. The van der Waals surface area contributed by atoms with Crippen LogP contribution in [0.4, 0.5) is 0 Å². The number of benzene rings is 1. The summed E-state index contributed by atoms with van der Waals surface area (Å²) in [7, 11) is 0. The van der Waals surface area contributed by atoms with Gasteiger partial charge in [0.25, 0.3) is 0 Å². The lowest BCUT2D eigenvalue weighted by Crippen LogP contribution is -2.22. The quantitative estimate of drug-likeness (QED) is 0.612. The van der Waals surface area contributed by atoms with E-state index in [2.05, 4.69) is 53.9 Å². The van der Waals surface area contributed by atoms with Crippen LogP contribution in [0.25, 0.3) is 0 Å². The normalized spacial score (nSPS) is 14.7. The Balaban J connectivity index is 1.81. The van der Waals surface area contributed by atoms with Gasteiger partial charge in [0.1, 0.15) is 5.69 Å². The summed E-state index contributed by atoms with van der Waals surface area (Å²) < 4.78 is 4.94. The van der Waals surface area contributed by atoms with E-state index in [1.54, 1.807) is 19.3 Å². The van der Waals surface area contributed by atoms with Gasteiger partial charge in [-0.05, 0) is 54.2 Å². The first kappa shape index (κ1) is 18.5. The number of nitrogens with zero attached hydrogens (tertiary/aromatic N) is 2. The highest BCUT2D eigenvalue weighted by Crippen LogP contribution is 2.41. The first-order chi connectivity index (χ1) is 12.5. The molecule has 1 aromatic heterocycles. The molecule has 0 saturated carbocycles. The number of carbonyl (C=O) groups is 1. The maximum absolute atomic E-state index is 11.6. The van der Waals surface area contributed by atoms with Crippen molar-refractivity contribution in [2.75, 3.05) is 12.4 Å². The molecule has 1 aromatic carbocycles. The minimum atomic E-state index is -0.304. The summed E-state index contributed by atoms with van der Waals surface area (Å²) in [6.07, 6.45) is 4.46. The van der Waals surface area contributed by atoms with Crippen LogP contribution in [-0.4, -0.2) is 28.3 Å². The number of aromatic nitrogens is 2. The maximum atomic E-state index is 11.6. The molecule has 3 rings (SSSR count). The molecule has 0 spiro atoms. The zero-order valence-corrected chi connectivity index (χ0v) is 16.2. The summed E-state index contributed by atoms with van der Waals surface area (Å²) >= 11 is 1.91. The molecule has 134 valence electrons. The van der Waals surface area contributed by atoms with E-state index in [1.807, 2.05) is 11.8 Å². The molecular formula is C21H22N2O2S. The fourth-order valence-electron chi connectivity index (χ4n) is 2.86. The number of esters is 1. The highest BCUT2D eigenvalue weighted by atomic mass is 32.2. The monoisotopic (exact) mass is 366 g/mol. The lowest BCUT2D eigenvalue weighted by molar-refractivity contribution is -0.142. The van der Waals surface area contributed by atoms with Crippen molar-refractivity contribution in [1.29, 1.82) is 0 Å². The van der Waals surface area contributed by atoms with Crippen LogP contribution < -0.4 is 0 Å². The minimum absolute atomic E-state index is 0.112. The van der Waals surface area contributed by atoms with Crippen molar-refractivity contribution in [3.8, 4) is 11.8 Å². The van der Waals surface area contributed by atoms with Crippen LogP contribution in [0, 0.1) is 11.8 Å². The van der Waals surface area contributed by atoms with Crippen molar-refractivity contribution in [2.45, 2.75) is 43.9 Å². The predicted octanol–water partition coefficient (Wildman–Crippen LogP) is 3.76. The first-order valence-corrected chi connectivity index (χ1v) is 9.72. The van der Waals surface area contributed by atoms with E-state index in [0.717, 1.165) is 11.3 Å². The van der Waals surface area contributed by atoms with Gasteiger partial charge in [0.15, 0.2) is 0 Å². The summed E-state index contributed by atoms with van der Waals surface area (Å²) in [6.45, 7) is 6.71. The Morgan fingerprint density at radius 3 is 2.96 bits per heavy atom. The van der Waals surface area contributed by atoms with Crippen LogP contribution >= 0.6 is 11.8 Å². The van der Waals surface area contributed by atoms with Gasteiger partial charge in [0.05, 0.1) is 24.9 Å². The molecule has 0 amide bonds. The Bertz CT molecular complexity index is 881. The third kappa shape index (κ3) is 4.44. The Morgan fingerprint density at radius 2 is 2.15 bits per heavy atom. The minimum Gasteiger partial charge on any atom is -0.466 e. The summed E-state index contributed by atoms with van der Waals surface area (Å²) in [5.74, 6) is 7.09. The number of carbonyl (C=O) groups excluding carboxylic acids is 1. The van der Waals surface area contributed by atoms with Gasteiger partial charge < -0.3 is 4.74 Å². The summed E-state index contributed by atoms with van der Waals surface area (Å²) in [5, 5.41) is 0. The van der Waals surface area contributed by atoms with E-state index in [9.17, 15) is 4.79 Å². The second-order valence-corrected chi connectivity index (χ2v) is 7.96. The number of thioether (sulfide) groups is 1. The van der Waals surface area contributed by atoms with Crippen molar-refractivity contribution in [3.05, 3.63) is 53.1 Å². The Kier molecular flexibility index (Phi) is 5.63. The van der Waals surface area contributed by atoms with Gasteiger partial charge >= 0.3 is 5.97 Å². The summed E-state index contributed by atoms with van der Waals surface area (Å²) in [4.78, 5) is 21.4. The van der Waals surface area contributed by atoms with E-state index in [-0.39, 0.29) is 17.8 Å². The van der Waals surface area contributed by atoms with Gasteiger partial charge in [-0.1, -0.05) is 19.8 Å². The topological polar surface area (TPSA) is 52.1 Å². The predicted molar refractivity (Wildman–Crippen MR) is 103 cm³/mol. The van der Waals surface area contributed by atoms with E-state index in [0.29, 0.717) is 18.0 Å². The van der Waals surface area contributed by atoms with Crippen LogP contribution in [0.1, 0.15) is 49.7 Å². The molecule has 0 radical (unpaired) electrons. The molecule has 2 aromatic rings. The van der Waals surface area contributed by atoms with Gasteiger partial charge in [-0.15, -0.1) is 11.8 Å². The van der Waals surface area contributed by atoms with E-state index >= 15 is 0 Å². The van der Waals surface area contributed by atoms with Crippen molar-refractivity contribution < 1.29 is 9.53 Å². The Labute approximate surface area is 158 Å². The van der Waals surface area contributed by atoms with Crippen LogP contribution in [0.5, 0.6) is 0 Å². The SMILES string of the molecule is CCOC(=O)Cc1cncc(C#Cc2ccc3c(c2)C(C)(C)CCS3)n1. The average Bonchev–Trinajstić information content (AvgIpc) is 2.60. The van der Waals surface area contributed by atoms with Crippen molar-refractivity contribution in [3.63, 3.8) is 0 Å². The maximum Gasteiger partial charge on any atom is 0.311 e. The zero-order chi connectivity index (χ0) is 18.6. The van der Waals surface area contributed by atoms with E-state index in [1.165, 1.54) is 16.9 Å². The third-order valence-corrected chi connectivity index (χ3v) is 5.42. The number of hydrogen-bond acceptors (Lipinski definition) is 5. The summed E-state index contributed by atoms with van der Waals surface area (Å²) in [6, 6.07) is 6.40. The van der Waals surface area contributed by atoms with Crippen molar-refractivity contribution >= 4 is 17.7 Å². The number of rotatable bonds is 3. The number of ether oxygens (including phenoxy) is 1. The smallest absolute Gasteiger partial charge is 0.311 e. The fraction of sp³-hybridized carbons (Fsp3) is 0.381. The van der Waals surface area contributed by atoms with Gasteiger partial charge in [0.2, 0.25) is 0 Å². The van der Waals surface area contributed by atoms with Gasteiger partial charge in [0, 0.05) is 16.7 Å². The van der Waals surface area contributed by atoms with Crippen molar-refractivity contribution in [1.82, 2.24) is 9.97 Å². The molecule has 0 bridgehead atoms. The molecular weight excluding hydrogens is 344 g/mol. The van der Waals surface area contributed by atoms with Gasteiger partial charge in [-0.2, -0.15) is 0 Å². The molecule has 1 aliphatic rings. The molecule has 0 atom stereocenters. The molecule has 0 fully saturated rings. The number of fused-ring (bicyclic) bond motifs is 1. The lowest BCUT2D eigenvalue weighted by atomic mass is 9.81. The van der Waals surface area contributed by atoms with E-state index in [4.69, 9.17) is 4.74 Å². The first-order valence-electron chi connectivity index (χ1n) is 8.74. The van der Waals surface area contributed by atoms with Gasteiger partial charge in [-0.25, -0.2) is 4.98 Å².